The first-order valence-corrected chi connectivity index (χ1v) is 22.3. The monoisotopic (exact) mass is 876 g/mol. The van der Waals surface area contributed by atoms with Crippen molar-refractivity contribution in [2.45, 2.75) is 127 Å². The number of ether oxygens (including phenoxy) is 10. The summed E-state index contributed by atoms with van der Waals surface area (Å²) in [5.74, 6) is -0.993. The number of carbonyl (C=O) groups excluding carboxylic acids is 2. The van der Waals surface area contributed by atoms with Crippen molar-refractivity contribution < 1.29 is 57.0 Å². The van der Waals surface area contributed by atoms with Crippen LogP contribution < -0.4 is 0 Å². The third-order valence-corrected chi connectivity index (χ3v) is 11.1. The summed E-state index contributed by atoms with van der Waals surface area (Å²) < 4.78 is 64.6. The predicted molar refractivity (Wildman–Crippen MR) is 237 cm³/mol. The van der Waals surface area contributed by atoms with Crippen molar-refractivity contribution in [1.29, 1.82) is 0 Å². The molecule has 0 radical (unpaired) electrons. The average molecular weight is 877 g/mol. The highest BCUT2D eigenvalue weighted by atomic mass is 16.7. The van der Waals surface area contributed by atoms with Crippen LogP contribution in [0.25, 0.3) is 0 Å². The molecule has 0 spiro atoms. The van der Waals surface area contributed by atoms with Crippen LogP contribution in [0.1, 0.15) is 61.8 Å². The van der Waals surface area contributed by atoms with Crippen LogP contribution in [0, 0.1) is 0 Å². The van der Waals surface area contributed by atoms with Gasteiger partial charge in [0.2, 0.25) is 12.6 Å². The molecular weight excluding hydrogens is 817 g/mol. The van der Waals surface area contributed by atoms with Gasteiger partial charge in [-0.15, -0.1) is 0 Å². The van der Waals surface area contributed by atoms with E-state index in [4.69, 9.17) is 47.4 Å². The first-order chi connectivity index (χ1) is 31.4. The molecule has 3 aliphatic heterocycles. The largest absolute Gasteiger partial charge is 0.433 e. The van der Waals surface area contributed by atoms with Crippen molar-refractivity contribution in [2.75, 3.05) is 13.2 Å². The van der Waals surface area contributed by atoms with Crippen LogP contribution in [0.4, 0.5) is 0 Å². The molecule has 340 valence electrons. The van der Waals surface area contributed by atoms with E-state index in [0.29, 0.717) is 38.9 Å². The number of benzene rings is 4. The van der Waals surface area contributed by atoms with Gasteiger partial charge in [0, 0.05) is 27.1 Å². The molecule has 0 bridgehead atoms. The molecule has 0 unspecified atom stereocenters. The number of hydrogen-bond acceptors (Lipinski definition) is 12. The standard InChI is InChI=1S/C52H60O12/c1-37(53)61-51-49(59-35-41-25-13-5-14-26-41)47(57-33-39-21-9-3-10-22-39)45-43(63-51)29-17-7-19-32-56-46-44(30-18-8-20-31-55-45)64-52(62-38(2)54)50(60-36-42-27-15-6-16-28-42)48(46)58-34-40-23-11-4-12-24-40/h3-6,9-18,21-30,43-52H,7-8,19-20,31-36H2,1-2H3/b29-17+,30-18+/t43-,44-,45-,46-,47+,48+,49-,50-,51+,52+/m1/s1. The van der Waals surface area contributed by atoms with E-state index in [1.165, 1.54) is 13.8 Å². The zero-order chi connectivity index (χ0) is 44.4. The van der Waals surface area contributed by atoms with Gasteiger partial charge in [0.1, 0.15) is 48.8 Å². The maximum atomic E-state index is 12.5. The fourth-order valence-corrected chi connectivity index (χ4v) is 7.98. The molecule has 3 aliphatic rings. The van der Waals surface area contributed by atoms with Crippen molar-refractivity contribution in [3.8, 4) is 0 Å². The Hall–Kier alpha value is -5.02. The summed E-state index contributed by atoms with van der Waals surface area (Å²) in [6.07, 6.45) is 2.97. The van der Waals surface area contributed by atoms with Gasteiger partial charge in [0.15, 0.2) is 0 Å². The molecule has 64 heavy (non-hydrogen) atoms. The van der Waals surface area contributed by atoms with Crippen molar-refractivity contribution in [3.63, 3.8) is 0 Å². The second kappa shape index (κ2) is 24.9. The molecular formula is C52H60O12. The fraction of sp³-hybridized carbons (Fsp3) is 0.423. The number of esters is 2. The molecule has 0 N–H and O–H groups in total. The van der Waals surface area contributed by atoms with Gasteiger partial charge in [-0.1, -0.05) is 146 Å². The van der Waals surface area contributed by atoms with Crippen LogP contribution in [0.5, 0.6) is 0 Å². The van der Waals surface area contributed by atoms with E-state index < -0.39 is 73.4 Å². The number of fused-ring (bicyclic) bond motifs is 2. The molecule has 0 aliphatic carbocycles. The van der Waals surface area contributed by atoms with Crippen molar-refractivity contribution >= 4 is 11.9 Å². The number of hydrogen-bond donors (Lipinski definition) is 0. The lowest BCUT2D eigenvalue weighted by atomic mass is 9.96. The Balaban J connectivity index is 1.12. The third-order valence-electron chi connectivity index (χ3n) is 11.1. The van der Waals surface area contributed by atoms with Gasteiger partial charge in [-0.2, -0.15) is 0 Å². The maximum Gasteiger partial charge on any atom is 0.305 e. The molecule has 2 fully saturated rings. The van der Waals surface area contributed by atoms with Crippen LogP contribution in [-0.2, 0) is 83.4 Å². The second-order valence-electron chi connectivity index (χ2n) is 16.0. The van der Waals surface area contributed by atoms with Gasteiger partial charge in [-0.05, 0) is 47.9 Å². The molecule has 4 aromatic carbocycles. The minimum absolute atomic E-state index is 0.246. The van der Waals surface area contributed by atoms with E-state index in [2.05, 4.69) is 0 Å². The van der Waals surface area contributed by atoms with E-state index in [0.717, 1.165) is 22.3 Å². The predicted octanol–water partition coefficient (Wildman–Crippen LogP) is 8.36. The van der Waals surface area contributed by atoms with Gasteiger partial charge in [0.05, 0.1) is 26.4 Å². The first kappa shape index (κ1) is 47.0. The summed E-state index contributed by atoms with van der Waals surface area (Å²) in [6.45, 7) is 4.49. The molecule has 2 saturated heterocycles. The molecule has 3 heterocycles. The molecule has 0 aromatic heterocycles. The zero-order valence-electron chi connectivity index (χ0n) is 36.6. The second-order valence-corrected chi connectivity index (χ2v) is 16.0. The van der Waals surface area contributed by atoms with E-state index >= 15 is 0 Å². The summed E-state index contributed by atoms with van der Waals surface area (Å²) in [5.41, 5.74) is 3.86. The number of allylic oxidation sites excluding steroid dienone is 2. The molecule has 12 heteroatoms. The molecule has 0 saturated carbocycles. The Morgan fingerprint density at radius 3 is 1.09 bits per heavy atom. The average Bonchev–Trinajstić information content (AvgIpc) is 3.30. The van der Waals surface area contributed by atoms with Gasteiger partial charge in [0.25, 0.3) is 0 Å². The Morgan fingerprint density at radius 1 is 0.469 bits per heavy atom. The van der Waals surface area contributed by atoms with Crippen molar-refractivity contribution in [1.82, 2.24) is 0 Å². The van der Waals surface area contributed by atoms with Crippen LogP contribution >= 0.6 is 0 Å². The van der Waals surface area contributed by atoms with Crippen LogP contribution in [0.2, 0.25) is 0 Å². The van der Waals surface area contributed by atoms with Gasteiger partial charge in [-0.25, -0.2) is 0 Å². The first-order valence-electron chi connectivity index (χ1n) is 22.3. The van der Waals surface area contributed by atoms with Crippen molar-refractivity contribution in [2.24, 2.45) is 0 Å². The fourth-order valence-electron chi connectivity index (χ4n) is 7.98. The van der Waals surface area contributed by atoms with Crippen LogP contribution in [0.3, 0.4) is 0 Å². The summed E-state index contributed by atoms with van der Waals surface area (Å²) in [4.78, 5) is 25.0. The maximum absolute atomic E-state index is 12.5. The third kappa shape index (κ3) is 14.0. The number of rotatable bonds is 14. The lowest BCUT2D eigenvalue weighted by molar-refractivity contribution is -0.305. The molecule has 0 amide bonds. The van der Waals surface area contributed by atoms with E-state index in [1.54, 1.807) is 0 Å². The quantitative estimate of drug-likeness (QED) is 0.0893. The minimum Gasteiger partial charge on any atom is -0.433 e. The Bertz CT molecular complexity index is 1880. The van der Waals surface area contributed by atoms with Gasteiger partial charge >= 0.3 is 11.9 Å². The topological polar surface area (TPSA) is 126 Å². The lowest BCUT2D eigenvalue weighted by Crippen LogP contribution is -2.60. The normalized spacial score (nSPS) is 28.7. The summed E-state index contributed by atoms with van der Waals surface area (Å²) in [5, 5.41) is 0. The summed E-state index contributed by atoms with van der Waals surface area (Å²) >= 11 is 0. The van der Waals surface area contributed by atoms with Gasteiger partial charge < -0.3 is 47.4 Å². The highest BCUT2D eigenvalue weighted by Crippen LogP contribution is 2.34. The van der Waals surface area contributed by atoms with Crippen LogP contribution in [-0.4, -0.2) is 86.6 Å². The lowest BCUT2D eigenvalue weighted by Gasteiger charge is -2.45. The minimum atomic E-state index is -1.06. The molecule has 4 aromatic rings. The number of carbonyl (C=O) groups is 2. The SMILES string of the molecule is CC(=O)O[C@H]1O[C@@H]2/C=C/CCCO[C@H]3[C@H](OCc4ccccc4)[C@@H](OCc4ccccc4)[C@@H](OC(C)=O)O[C@@H]3/C=C/CCCO[C@H]2[C@H](OCc2ccccc2)[C@H]1OCc1ccccc1. The smallest absolute Gasteiger partial charge is 0.305 e. The Labute approximate surface area is 376 Å². The highest BCUT2D eigenvalue weighted by molar-refractivity contribution is 5.66. The molecule has 12 nitrogen and oxygen atoms in total. The summed E-state index contributed by atoms with van der Waals surface area (Å²) in [6, 6.07) is 39.4. The Morgan fingerprint density at radius 2 is 0.781 bits per heavy atom. The molecule has 7 rings (SSSR count). The zero-order valence-corrected chi connectivity index (χ0v) is 36.6. The van der Waals surface area contributed by atoms with Crippen LogP contribution in [0.15, 0.2) is 146 Å². The Kier molecular flexibility index (Phi) is 18.3. The van der Waals surface area contributed by atoms with E-state index in [-0.39, 0.29) is 26.4 Å². The highest BCUT2D eigenvalue weighted by Gasteiger charge is 2.50. The van der Waals surface area contributed by atoms with E-state index in [9.17, 15) is 9.59 Å². The van der Waals surface area contributed by atoms with Crippen molar-refractivity contribution in [3.05, 3.63) is 168 Å². The van der Waals surface area contributed by atoms with Gasteiger partial charge in [-0.3, -0.25) is 9.59 Å². The summed E-state index contributed by atoms with van der Waals surface area (Å²) in [7, 11) is 0. The van der Waals surface area contributed by atoms with E-state index in [1.807, 2.05) is 146 Å². The molecule has 10 atom stereocenters.